The second-order valence-electron chi connectivity index (χ2n) is 2.86. The highest BCUT2D eigenvalue weighted by Crippen LogP contribution is 2.33. The minimum Gasteiger partial charge on any atom is -0.474 e. The third-order valence-electron chi connectivity index (χ3n) is 1.88. The smallest absolute Gasteiger partial charge is 0.337 e. The molecule has 1 rings (SSSR count). The molecule has 0 saturated carbocycles. The van der Waals surface area contributed by atoms with Gasteiger partial charge < -0.3 is 4.74 Å². The van der Waals surface area contributed by atoms with Crippen LogP contribution in [0.1, 0.15) is 5.56 Å². The molecule has 0 aliphatic heterocycles. The Morgan fingerprint density at radius 1 is 1.59 bits per heavy atom. The maximum Gasteiger partial charge on any atom is 0.337 e. The highest BCUT2D eigenvalue weighted by atomic mass is 79.9. The first kappa shape index (κ1) is 13.7. The maximum absolute atomic E-state index is 13.6. The molecule has 1 aromatic carbocycles. The SMILES string of the molecule is [C-]#[N+]/C(C(=O)OC)=C(\Br)c1c(F)cccc1Cl. The number of nitrogens with zero attached hydrogens (tertiary/aromatic N) is 1. The van der Waals surface area contributed by atoms with Crippen molar-refractivity contribution < 1.29 is 13.9 Å². The Labute approximate surface area is 111 Å². The summed E-state index contributed by atoms with van der Waals surface area (Å²) in [5.41, 5.74) is -0.398. The molecule has 0 N–H and O–H groups in total. The Balaban J connectivity index is 3.47. The zero-order chi connectivity index (χ0) is 13.0. The molecular formula is C11H6BrClFNO2. The molecule has 0 aromatic heterocycles. The van der Waals surface area contributed by atoms with Crippen molar-refractivity contribution in [1.29, 1.82) is 0 Å². The Hall–Kier alpha value is -1.38. The van der Waals surface area contributed by atoms with E-state index in [1.807, 2.05) is 0 Å². The highest BCUT2D eigenvalue weighted by molar-refractivity contribution is 9.15. The summed E-state index contributed by atoms with van der Waals surface area (Å²) in [4.78, 5) is 14.3. The number of methoxy groups -OCH3 is 1. The first-order chi connectivity index (χ1) is 8.02. The van der Waals surface area contributed by atoms with Crippen LogP contribution in [-0.4, -0.2) is 13.1 Å². The lowest BCUT2D eigenvalue weighted by Gasteiger charge is -2.06. The van der Waals surface area contributed by atoms with E-state index in [0.29, 0.717) is 0 Å². The molecule has 1 aromatic rings. The van der Waals surface area contributed by atoms with Crippen molar-refractivity contribution >= 4 is 38.0 Å². The van der Waals surface area contributed by atoms with Crippen LogP contribution in [-0.2, 0) is 9.53 Å². The van der Waals surface area contributed by atoms with E-state index in [4.69, 9.17) is 18.2 Å². The molecule has 6 heteroatoms. The fraction of sp³-hybridized carbons (Fsp3) is 0.0909. The summed E-state index contributed by atoms with van der Waals surface area (Å²) in [5, 5.41) is 0.0990. The fourth-order valence-corrected chi connectivity index (χ4v) is 2.13. The van der Waals surface area contributed by atoms with Crippen LogP contribution in [0.25, 0.3) is 9.33 Å². The highest BCUT2D eigenvalue weighted by Gasteiger charge is 2.20. The van der Waals surface area contributed by atoms with Gasteiger partial charge >= 0.3 is 5.97 Å². The molecule has 88 valence electrons. The first-order valence-electron chi connectivity index (χ1n) is 4.32. The number of ether oxygens (including phenoxy) is 1. The van der Waals surface area contributed by atoms with Gasteiger partial charge in [0, 0.05) is 10.0 Å². The van der Waals surface area contributed by atoms with Crippen molar-refractivity contribution in [2.45, 2.75) is 0 Å². The van der Waals surface area contributed by atoms with Gasteiger partial charge in [0.25, 0.3) is 5.70 Å². The average molecular weight is 319 g/mol. The first-order valence-corrected chi connectivity index (χ1v) is 5.50. The van der Waals surface area contributed by atoms with Crippen molar-refractivity contribution in [3.05, 3.63) is 51.7 Å². The number of esters is 1. The lowest BCUT2D eigenvalue weighted by Crippen LogP contribution is -2.03. The Bertz CT molecular complexity index is 517. The molecule has 0 aliphatic rings. The normalized spacial score (nSPS) is 11.5. The van der Waals surface area contributed by atoms with Crippen LogP contribution in [0.5, 0.6) is 0 Å². The van der Waals surface area contributed by atoms with E-state index < -0.39 is 11.8 Å². The van der Waals surface area contributed by atoms with Crippen LogP contribution in [0.15, 0.2) is 23.9 Å². The van der Waals surface area contributed by atoms with E-state index >= 15 is 0 Å². The van der Waals surface area contributed by atoms with Crippen molar-refractivity contribution in [1.82, 2.24) is 0 Å². The molecule has 0 spiro atoms. The number of benzene rings is 1. The van der Waals surface area contributed by atoms with Gasteiger partial charge in [-0.3, -0.25) is 4.79 Å². The van der Waals surface area contributed by atoms with E-state index in [2.05, 4.69) is 25.5 Å². The second kappa shape index (κ2) is 5.80. The number of rotatable bonds is 2. The third-order valence-corrected chi connectivity index (χ3v) is 2.97. The van der Waals surface area contributed by atoms with E-state index in [-0.39, 0.29) is 20.8 Å². The van der Waals surface area contributed by atoms with Gasteiger partial charge in [-0.25, -0.2) is 9.24 Å². The molecule has 0 unspecified atom stereocenters. The van der Waals surface area contributed by atoms with Gasteiger partial charge in [0.05, 0.1) is 18.7 Å². The summed E-state index contributed by atoms with van der Waals surface area (Å²) in [6.45, 7) is 6.89. The molecule has 0 saturated heterocycles. The number of halogens is 3. The van der Waals surface area contributed by atoms with Gasteiger partial charge in [-0.2, -0.15) is 0 Å². The molecule has 0 aliphatic carbocycles. The van der Waals surface area contributed by atoms with Crippen molar-refractivity contribution in [3.8, 4) is 0 Å². The molecule has 17 heavy (non-hydrogen) atoms. The third kappa shape index (κ3) is 2.84. The van der Waals surface area contributed by atoms with Crippen LogP contribution < -0.4 is 0 Å². The number of hydrogen-bond acceptors (Lipinski definition) is 2. The lowest BCUT2D eigenvalue weighted by molar-refractivity contribution is -0.135. The van der Waals surface area contributed by atoms with E-state index in [0.717, 1.165) is 7.11 Å². The quantitative estimate of drug-likeness (QED) is 0.473. The minimum absolute atomic E-state index is 0.0255. The van der Waals surface area contributed by atoms with Crippen LogP contribution in [0.4, 0.5) is 4.39 Å². The van der Waals surface area contributed by atoms with Gasteiger partial charge in [-0.05, 0) is 12.1 Å². The molecular weight excluding hydrogens is 312 g/mol. The Morgan fingerprint density at radius 3 is 2.71 bits per heavy atom. The summed E-state index contributed by atoms with van der Waals surface area (Å²) in [5.74, 6) is -1.49. The molecule has 0 fully saturated rings. The average Bonchev–Trinajstić information content (AvgIpc) is 2.29. The van der Waals surface area contributed by atoms with Crippen LogP contribution >= 0.6 is 27.5 Å². The summed E-state index contributed by atoms with van der Waals surface area (Å²) >= 11 is 8.81. The van der Waals surface area contributed by atoms with Gasteiger partial charge in [0.15, 0.2) is 0 Å². The van der Waals surface area contributed by atoms with Gasteiger partial charge in [0.2, 0.25) is 0 Å². The predicted octanol–water partition coefficient (Wildman–Crippen LogP) is 3.63. The van der Waals surface area contributed by atoms with E-state index in [9.17, 15) is 9.18 Å². The van der Waals surface area contributed by atoms with Gasteiger partial charge in [-0.15, -0.1) is 0 Å². The summed E-state index contributed by atoms with van der Waals surface area (Å²) in [6.07, 6.45) is 0. The van der Waals surface area contributed by atoms with E-state index in [1.54, 1.807) is 0 Å². The standard InChI is InChI=1S/C11H6BrClFNO2/c1-15-10(11(16)17-2)9(12)8-6(13)4-3-5-7(8)14/h3-5H,2H3/b10-9-. The topological polar surface area (TPSA) is 30.7 Å². The Morgan fingerprint density at radius 2 is 2.24 bits per heavy atom. The Kier molecular flexibility index (Phi) is 4.67. The number of carbonyl (C=O) groups is 1. The second-order valence-corrected chi connectivity index (χ2v) is 4.06. The van der Waals surface area contributed by atoms with Crippen LogP contribution in [0.2, 0.25) is 5.02 Å². The fourth-order valence-electron chi connectivity index (χ4n) is 1.11. The largest absolute Gasteiger partial charge is 0.474 e. The zero-order valence-electron chi connectivity index (χ0n) is 8.63. The van der Waals surface area contributed by atoms with Crippen LogP contribution in [0, 0.1) is 12.4 Å². The lowest BCUT2D eigenvalue weighted by atomic mass is 10.2. The van der Waals surface area contributed by atoms with E-state index in [1.165, 1.54) is 18.2 Å². The molecule has 0 radical (unpaired) electrons. The maximum atomic E-state index is 13.6. The van der Waals surface area contributed by atoms with Crippen molar-refractivity contribution in [2.75, 3.05) is 7.11 Å². The monoisotopic (exact) mass is 317 g/mol. The summed E-state index contributed by atoms with van der Waals surface area (Å²) in [6, 6.07) is 4.07. The van der Waals surface area contributed by atoms with Crippen molar-refractivity contribution in [2.24, 2.45) is 0 Å². The summed E-state index contributed by atoms with van der Waals surface area (Å²) < 4.78 is 18.0. The predicted molar refractivity (Wildman–Crippen MR) is 65.9 cm³/mol. The number of hydrogen-bond donors (Lipinski definition) is 0. The minimum atomic E-state index is -0.855. The molecule has 0 atom stereocenters. The zero-order valence-corrected chi connectivity index (χ0v) is 11.0. The molecule has 0 amide bonds. The number of carbonyl (C=O) groups excluding carboxylic acids is 1. The van der Waals surface area contributed by atoms with Crippen LogP contribution in [0.3, 0.4) is 0 Å². The molecule has 3 nitrogen and oxygen atoms in total. The summed E-state index contributed by atoms with van der Waals surface area (Å²) in [7, 11) is 1.14. The van der Waals surface area contributed by atoms with Gasteiger partial charge in [0.1, 0.15) is 5.82 Å². The molecule has 0 bridgehead atoms. The molecule has 0 heterocycles. The van der Waals surface area contributed by atoms with Crippen molar-refractivity contribution in [3.63, 3.8) is 0 Å². The van der Waals surface area contributed by atoms with Gasteiger partial charge in [-0.1, -0.05) is 33.6 Å².